The van der Waals surface area contributed by atoms with E-state index in [1.807, 2.05) is 13.8 Å². The van der Waals surface area contributed by atoms with Crippen molar-refractivity contribution in [2.75, 3.05) is 13.1 Å². The van der Waals surface area contributed by atoms with Crippen LogP contribution in [0.4, 0.5) is 0 Å². The van der Waals surface area contributed by atoms with Crippen LogP contribution in [0.25, 0.3) is 10.9 Å². The minimum atomic E-state index is -3.66. The van der Waals surface area contributed by atoms with Gasteiger partial charge < -0.3 is 10.3 Å². The molecular weight excluding hydrogens is 354 g/mol. The SMILES string of the molecule is CCC(C)NC(=O)c1cc(=O)[nH]c2ccc(S(=O)(=O)N(CC)CC)cc12. The number of sulfonamides is 1. The molecule has 0 bridgehead atoms. The number of carbonyl (C=O) groups is 1. The van der Waals surface area contributed by atoms with E-state index in [1.165, 1.54) is 28.6 Å². The van der Waals surface area contributed by atoms with Crippen molar-refractivity contribution in [3.05, 3.63) is 40.2 Å². The highest BCUT2D eigenvalue weighted by molar-refractivity contribution is 7.89. The van der Waals surface area contributed by atoms with E-state index in [2.05, 4.69) is 10.3 Å². The van der Waals surface area contributed by atoms with E-state index in [9.17, 15) is 18.0 Å². The molecule has 2 rings (SSSR count). The molecule has 1 amide bonds. The Bertz CT molecular complexity index is 962. The number of nitrogens with zero attached hydrogens (tertiary/aromatic N) is 1. The van der Waals surface area contributed by atoms with Crippen LogP contribution < -0.4 is 10.9 Å². The third-order valence-corrected chi connectivity index (χ3v) is 6.44. The molecule has 0 spiro atoms. The lowest BCUT2D eigenvalue weighted by Gasteiger charge is -2.19. The average Bonchev–Trinajstić information content (AvgIpc) is 2.61. The molecule has 26 heavy (non-hydrogen) atoms. The smallest absolute Gasteiger partial charge is 0.252 e. The maximum absolute atomic E-state index is 12.8. The van der Waals surface area contributed by atoms with Gasteiger partial charge in [0.25, 0.3) is 5.91 Å². The highest BCUT2D eigenvalue weighted by atomic mass is 32.2. The van der Waals surface area contributed by atoms with Gasteiger partial charge in [-0.3, -0.25) is 9.59 Å². The summed E-state index contributed by atoms with van der Waals surface area (Å²) >= 11 is 0. The summed E-state index contributed by atoms with van der Waals surface area (Å²) in [6, 6.07) is 5.56. The quantitative estimate of drug-likeness (QED) is 0.769. The third-order valence-electron chi connectivity index (χ3n) is 4.39. The predicted molar refractivity (Wildman–Crippen MR) is 102 cm³/mol. The van der Waals surface area contributed by atoms with Crippen LogP contribution >= 0.6 is 0 Å². The van der Waals surface area contributed by atoms with Crippen LogP contribution in [0, 0.1) is 0 Å². The fraction of sp³-hybridized carbons (Fsp3) is 0.444. The van der Waals surface area contributed by atoms with Gasteiger partial charge in [0.1, 0.15) is 0 Å². The molecule has 0 aliphatic carbocycles. The first kappa shape index (κ1) is 20.1. The van der Waals surface area contributed by atoms with E-state index in [0.717, 1.165) is 6.42 Å². The van der Waals surface area contributed by atoms with Gasteiger partial charge in [-0.15, -0.1) is 0 Å². The second kappa shape index (κ2) is 8.01. The standard InChI is InChI=1S/C18H25N3O4S/c1-5-12(4)19-18(23)15-11-17(22)20-16-9-8-13(10-14(15)16)26(24,25)21(6-2)7-3/h8-12H,5-7H2,1-4H3,(H,19,23)(H,20,22). The fourth-order valence-corrected chi connectivity index (χ4v) is 4.18. The maximum Gasteiger partial charge on any atom is 0.252 e. The van der Waals surface area contributed by atoms with E-state index in [1.54, 1.807) is 13.8 Å². The van der Waals surface area contributed by atoms with Crippen molar-refractivity contribution in [2.24, 2.45) is 0 Å². The lowest BCUT2D eigenvalue weighted by atomic mass is 10.1. The van der Waals surface area contributed by atoms with E-state index >= 15 is 0 Å². The molecule has 0 radical (unpaired) electrons. The summed E-state index contributed by atoms with van der Waals surface area (Å²) in [4.78, 5) is 27.2. The van der Waals surface area contributed by atoms with Crippen molar-refractivity contribution in [2.45, 2.75) is 45.1 Å². The summed E-state index contributed by atoms with van der Waals surface area (Å²) in [5.41, 5.74) is 0.178. The lowest BCUT2D eigenvalue weighted by Crippen LogP contribution is -2.33. The highest BCUT2D eigenvalue weighted by Gasteiger charge is 2.23. The Kier molecular flexibility index (Phi) is 6.20. The number of fused-ring (bicyclic) bond motifs is 1. The molecule has 1 aromatic carbocycles. The number of H-pyrrole nitrogens is 1. The van der Waals surface area contributed by atoms with Gasteiger partial charge in [-0.1, -0.05) is 20.8 Å². The summed E-state index contributed by atoms with van der Waals surface area (Å²) in [6.07, 6.45) is 0.744. The Morgan fingerprint density at radius 2 is 1.85 bits per heavy atom. The van der Waals surface area contributed by atoms with Crippen molar-refractivity contribution in [3.8, 4) is 0 Å². The van der Waals surface area contributed by atoms with Crippen LogP contribution in [-0.4, -0.2) is 42.7 Å². The Labute approximate surface area is 153 Å². The topological polar surface area (TPSA) is 99.3 Å². The van der Waals surface area contributed by atoms with Crippen molar-refractivity contribution in [1.29, 1.82) is 0 Å². The molecule has 0 saturated heterocycles. The Morgan fingerprint density at radius 3 is 2.42 bits per heavy atom. The largest absolute Gasteiger partial charge is 0.350 e. The van der Waals surface area contributed by atoms with Crippen LogP contribution in [0.5, 0.6) is 0 Å². The normalized spacial score (nSPS) is 13.1. The predicted octanol–water partition coefficient (Wildman–Crippen LogP) is 2.09. The molecular formula is C18H25N3O4S. The van der Waals surface area contributed by atoms with E-state index in [-0.39, 0.29) is 16.5 Å². The summed E-state index contributed by atoms with van der Waals surface area (Å²) in [6.45, 7) is 8.04. The second-order valence-electron chi connectivity index (χ2n) is 6.13. The Morgan fingerprint density at radius 1 is 1.19 bits per heavy atom. The fourth-order valence-electron chi connectivity index (χ4n) is 2.70. The van der Waals surface area contributed by atoms with Gasteiger partial charge in [0.05, 0.1) is 10.5 Å². The van der Waals surface area contributed by atoms with Crippen molar-refractivity contribution < 1.29 is 13.2 Å². The van der Waals surface area contributed by atoms with Gasteiger partial charge >= 0.3 is 0 Å². The zero-order chi connectivity index (χ0) is 19.5. The van der Waals surface area contributed by atoms with Crippen molar-refractivity contribution >= 4 is 26.8 Å². The summed E-state index contributed by atoms with van der Waals surface area (Å²) in [5.74, 6) is -0.396. The minimum absolute atomic E-state index is 0.0561. The zero-order valence-corrected chi connectivity index (χ0v) is 16.3. The molecule has 142 valence electrons. The molecule has 0 aliphatic heterocycles. The average molecular weight is 379 g/mol. The molecule has 1 unspecified atom stereocenters. The van der Waals surface area contributed by atoms with Crippen molar-refractivity contribution in [3.63, 3.8) is 0 Å². The number of hydrogen-bond acceptors (Lipinski definition) is 4. The maximum atomic E-state index is 12.8. The van der Waals surface area contributed by atoms with E-state index < -0.39 is 21.5 Å². The molecule has 0 fully saturated rings. The Balaban J connectivity index is 2.64. The minimum Gasteiger partial charge on any atom is -0.350 e. The highest BCUT2D eigenvalue weighted by Crippen LogP contribution is 2.23. The van der Waals surface area contributed by atoms with Crippen LogP contribution in [-0.2, 0) is 10.0 Å². The van der Waals surface area contributed by atoms with Gasteiger partial charge in [-0.2, -0.15) is 4.31 Å². The van der Waals surface area contributed by atoms with Crippen LogP contribution in [0.2, 0.25) is 0 Å². The van der Waals surface area contributed by atoms with Gasteiger partial charge in [-0.25, -0.2) is 8.42 Å². The number of aromatic nitrogens is 1. The molecule has 0 aliphatic rings. The zero-order valence-electron chi connectivity index (χ0n) is 15.5. The van der Waals surface area contributed by atoms with Crippen molar-refractivity contribution in [1.82, 2.24) is 14.6 Å². The molecule has 2 N–H and O–H groups in total. The number of aromatic amines is 1. The van der Waals surface area contributed by atoms with Gasteiger partial charge in [0.2, 0.25) is 15.6 Å². The van der Waals surface area contributed by atoms with Crippen LogP contribution in [0.1, 0.15) is 44.5 Å². The number of carbonyl (C=O) groups excluding carboxylic acids is 1. The first-order chi connectivity index (χ1) is 12.2. The molecule has 7 nitrogen and oxygen atoms in total. The lowest BCUT2D eigenvalue weighted by molar-refractivity contribution is 0.0940. The molecule has 2 aromatic rings. The number of rotatable bonds is 7. The van der Waals surface area contributed by atoms with Gasteiger partial charge in [0.15, 0.2) is 0 Å². The summed E-state index contributed by atoms with van der Waals surface area (Å²) in [7, 11) is -3.66. The number of nitrogens with one attached hydrogen (secondary N) is 2. The molecule has 8 heteroatoms. The van der Waals surface area contributed by atoms with Gasteiger partial charge in [-0.05, 0) is 31.5 Å². The summed E-state index contributed by atoms with van der Waals surface area (Å²) in [5, 5.41) is 3.22. The monoisotopic (exact) mass is 379 g/mol. The molecule has 1 heterocycles. The first-order valence-electron chi connectivity index (χ1n) is 8.72. The number of pyridine rings is 1. The van der Waals surface area contributed by atoms with Crippen LogP contribution in [0.3, 0.4) is 0 Å². The van der Waals surface area contributed by atoms with Gasteiger partial charge in [0, 0.05) is 36.1 Å². The van der Waals surface area contributed by atoms with E-state index in [4.69, 9.17) is 0 Å². The van der Waals surface area contributed by atoms with E-state index in [0.29, 0.717) is 24.0 Å². The molecule has 1 atom stereocenters. The number of amides is 1. The first-order valence-corrected chi connectivity index (χ1v) is 10.2. The van der Waals surface area contributed by atoms with Crippen LogP contribution in [0.15, 0.2) is 34.0 Å². The number of benzene rings is 1. The molecule has 0 saturated carbocycles. The summed E-state index contributed by atoms with van der Waals surface area (Å²) < 4.78 is 26.9. The third kappa shape index (κ3) is 3.96. The second-order valence-corrected chi connectivity index (χ2v) is 8.06. The molecule has 1 aromatic heterocycles. The number of hydrogen-bond donors (Lipinski definition) is 2. The Hall–Kier alpha value is -2.19.